The van der Waals surface area contributed by atoms with Crippen LogP contribution in [0, 0.1) is 24.1 Å². The summed E-state index contributed by atoms with van der Waals surface area (Å²) in [5, 5.41) is 12.3. The predicted octanol–water partition coefficient (Wildman–Crippen LogP) is 4.80. The number of aryl methyl sites for hydroxylation is 1. The monoisotopic (exact) mass is 363 g/mol. The minimum absolute atomic E-state index is 0.00705. The lowest BCUT2D eigenvalue weighted by Gasteiger charge is -2.00. The molecule has 0 spiro atoms. The average molecular weight is 363 g/mol. The van der Waals surface area contributed by atoms with E-state index in [-0.39, 0.29) is 11.4 Å². The van der Waals surface area contributed by atoms with Crippen molar-refractivity contribution in [2.75, 3.05) is 5.32 Å². The molecule has 0 radical (unpaired) electrons. The number of carbonyl (C=O) groups is 1. The molecule has 3 rings (SSSR count). The number of halogens is 1. The van der Waals surface area contributed by atoms with Crippen LogP contribution in [0.15, 0.2) is 60.2 Å². The maximum absolute atomic E-state index is 13.1. The molecule has 26 heavy (non-hydrogen) atoms. The third-order valence-electron chi connectivity index (χ3n) is 3.61. The van der Waals surface area contributed by atoms with E-state index < -0.39 is 5.91 Å². The van der Waals surface area contributed by atoms with Gasteiger partial charge in [0.05, 0.1) is 5.69 Å². The van der Waals surface area contributed by atoms with E-state index in [9.17, 15) is 14.4 Å². The third kappa shape index (κ3) is 4.02. The zero-order chi connectivity index (χ0) is 18.5. The van der Waals surface area contributed by atoms with Crippen LogP contribution in [0.5, 0.6) is 0 Å². The van der Waals surface area contributed by atoms with Gasteiger partial charge in [-0.3, -0.25) is 10.1 Å². The number of carbonyl (C=O) groups excluding carboxylic acids is 1. The van der Waals surface area contributed by atoms with Gasteiger partial charge in [0.15, 0.2) is 5.13 Å². The highest BCUT2D eigenvalue weighted by Gasteiger charge is 2.15. The van der Waals surface area contributed by atoms with Crippen molar-refractivity contribution in [3.63, 3.8) is 0 Å². The summed E-state index contributed by atoms with van der Waals surface area (Å²) in [6.07, 6.45) is 1.52. The second kappa shape index (κ2) is 7.72. The van der Waals surface area contributed by atoms with Crippen molar-refractivity contribution in [3.8, 4) is 17.3 Å². The van der Waals surface area contributed by atoms with Crippen LogP contribution in [-0.2, 0) is 4.79 Å². The van der Waals surface area contributed by atoms with Crippen molar-refractivity contribution in [2.24, 2.45) is 0 Å². The Balaban J connectivity index is 1.81. The number of benzene rings is 2. The quantitative estimate of drug-likeness (QED) is 0.535. The van der Waals surface area contributed by atoms with E-state index in [1.165, 1.54) is 29.5 Å². The smallest absolute Gasteiger partial charge is 0.268 e. The topological polar surface area (TPSA) is 65.8 Å². The lowest BCUT2D eigenvalue weighted by atomic mass is 10.1. The van der Waals surface area contributed by atoms with Crippen LogP contribution >= 0.6 is 11.3 Å². The summed E-state index contributed by atoms with van der Waals surface area (Å²) < 4.78 is 13.1. The molecular weight excluding hydrogens is 349 g/mol. The summed E-state index contributed by atoms with van der Waals surface area (Å²) in [5.41, 5.74) is 2.20. The highest BCUT2D eigenvalue weighted by molar-refractivity contribution is 7.16. The zero-order valence-electron chi connectivity index (χ0n) is 13.9. The van der Waals surface area contributed by atoms with Crippen molar-refractivity contribution >= 4 is 28.5 Å². The van der Waals surface area contributed by atoms with Crippen molar-refractivity contribution in [3.05, 3.63) is 76.4 Å². The molecule has 6 heteroatoms. The molecule has 1 aromatic heterocycles. The van der Waals surface area contributed by atoms with Gasteiger partial charge in [-0.15, -0.1) is 11.3 Å². The van der Waals surface area contributed by atoms with Crippen LogP contribution in [0.3, 0.4) is 0 Å². The molecule has 0 fully saturated rings. The molecule has 0 unspecified atom stereocenters. The Labute approximate surface area is 154 Å². The van der Waals surface area contributed by atoms with Gasteiger partial charge in [-0.1, -0.05) is 30.3 Å². The molecule has 0 aliphatic heterocycles. The molecule has 0 saturated carbocycles. The number of nitrogens with one attached hydrogen (secondary N) is 1. The summed E-state index contributed by atoms with van der Waals surface area (Å²) in [6, 6.07) is 17.1. The van der Waals surface area contributed by atoms with Gasteiger partial charge in [0, 0.05) is 10.4 Å². The number of aromatic nitrogens is 1. The molecule has 0 aliphatic rings. The number of nitriles is 1. The molecule has 0 saturated heterocycles. The van der Waals surface area contributed by atoms with Gasteiger partial charge in [-0.25, -0.2) is 9.37 Å². The van der Waals surface area contributed by atoms with Crippen LogP contribution in [0.2, 0.25) is 0 Å². The summed E-state index contributed by atoms with van der Waals surface area (Å²) in [5.74, 6) is -0.837. The average Bonchev–Trinajstić information content (AvgIpc) is 3.01. The molecule has 4 nitrogen and oxygen atoms in total. The Morgan fingerprint density at radius 1 is 1.19 bits per heavy atom. The van der Waals surface area contributed by atoms with Crippen molar-refractivity contribution in [1.82, 2.24) is 4.98 Å². The van der Waals surface area contributed by atoms with Crippen LogP contribution in [0.25, 0.3) is 17.3 Å². The Hall–Kier alpha value is -3.30. The number of thiazole rings is 1. The number of anilines is 1. The Bertz CT molecular complexity index is 1000. The first kappa shape index (κ1) is 17.5. The van der Waals surface area contributed by atoms with Crippen LogP contribution in [0.4, 0.5) is 9.52 Å². The highest BCUT2D eigenvalue weighted by atomic mass is 32.1. The Morgan fingerprint density at radius 3 is 2.54 bits per heavy atom. The van der Waals surface area contributed by atoms with E-state index in [2.05, 4.69) is 10.3 Å². The van der Waals surface area contributed by atoms with Crippen LogP contribution in [-0.4, -0.2) is 10.9 Å². The van der Waals surface area contributed by atoms with Gasteiger partial charge < -0.3 is 0 Å². The lowest BCUT2D eigenvalue weighted by Crippen LogP contribution is -2.13. The molecule has 128 valence electrons. The molecule has 1 heterocycles. The summed E-state index contributed by atoms with van der Waals surface area (Å²) in [4.78, 5) is 17.7. The van der Waals surface area contributed by atoms with Crippen molar-refractivity contribution in [1.29, 1.82) is 5.26 Å². The van der Waals surface area contributed by atoms with Gasteiger partial charge in [0.1, 0.15) is 17.5 Å². The van der Waals surface area contributed by atoms with E-state index in [0.717, 1.165) is 16.0 Å². The predicted molar refractivity (Wildman–Crippen MR) is 101 cm³/mol. The fourth-order valence-electron chi connectivity index (χ4n) is 2.35. The summed E-state index contributed by atoms with van der Waals surface area (Å²) >= 11 is 1.30. The normalized spacial score (nSPS) is 11.0. The van der Waals surface area contributed by atoms with E-state index in [0.29, 0.717) is 10.8 Å². The van der Waals surface area contributed by atoms with E-state index in [4.69, 9.17) is 0 Å². The van der Waals surface area contributed by atoms with Gasteiger partial charge in [-0.2, -0.15) is 5.26 Å². The minimum Gasteiger partial charge on any atom is -0.297 e. The molecule has 2 aromatic carbocycles. The molecule has 1 N–H and O–H groups in total. The molecule has 3 aromatic rings. The first-order chi connectivity index (χ1) is 12.6. The maximum Gasteiger partial charge on any atom is 0.268 e. The maximum atomic E-state index is 13.1. The molecule has 0 atom stereocenters. The fraction of sp³-hybridized carbons (Fsp3) is 0.0500. The Kier molecular flexibility index (Phi) is 5.20. The van der Waals surface area contributed by atoms with Crippen LogP contribution in [0.1, 0.15) is 10.4 Å². The van der Waals surface area contributed by atoms with Crippen molar-refractivity contribution in [2.45, 2.75) is 6.92 Å². The second-order valence-corrected chi connectivity index (χ2v) is 6.67. The van der Waals surface area contributed by atoms with E-state index >= 15 is 0 Å². The summed E-state index contributed by atoms with van der Waals surface area (Å²) in [6.45, 7) is 1.87. The van der Waals surface area contributed by atoms with Crippen molar-refractivity contribution < 1.29 is 9.18 Å². The Morgan fingerprint density at radius 2 is 1.88 bits per heavy atom. The number of nitrogens with zero attached hydrogens (tertiary/aromatic N) is 2. The molecule has 0 aliphatic carbocycles. The van der Waals surface area contributed by atoms with Gasteiger partial charge >= 0.3 is 0 Å². The molecule has 1 amide bonds. The van der Waals surface area contributed by atoms with Gasteiger partial charge in [-0.05, 0) is 42.8 Å². The van der Waals surface area contributed by atoms with E-state index in [1.54, 1.807) is 12.1 Å². The first-order valence-electron chi connectivity index (χ1n) is 7.78. The zero-order valence-corrected chi connectivity index (χ0v) is 14.7. The van der Waals surface area contributed by atoms with Gasteiger partial charge in [0.25, 0.3) is 5.91 Å². The van der Waals surface area contributed by atoms with Gasteiger partial charge in [0.2, 0.25) is 0 Å². The molecular formula is C20H14FN3OS. The summed E-state index contributed by atoms with van der Waals surface area (Å²) in [7, 11) is 0. The number of rotatable bonds is 4. The lowest BCUT2D eigenvalue weighted by molar-refractivity contribution is -0.112. The number of amides is 1. The SMILES string of the molecule is Cc1sc(NC(=O)/C(C#N)=C/c2ccccc2)nc1-c1ccc(F)cc1. The fourth-order valence-corrected chi connectivity index (χ4v) is 3.19. The molecule has 0 bridgehead atoms. The minimum atomic E-state index is -0.518. The second-order valence-electron chi connectivity index (χ2n) is 5.47. The largest absolute Gasteiger partial charge is 0.297 e. The first-order valence-corrected chi connectivity index (χ1v) is 8.60. The number of hydrogen-bond acceptors (Lipinski definition) is 4. The number of hydrogen-bond donors (Lipinski definition) is 1. The van der Waals surface area contributed by atoms with Crippen LogP contribution < -0.4 is 5.32 Å². The third-order valence-corrected chi connectivity index (χ3v) is 4.50. The highest BCUT2D eigenvalue weighted by Crippen LogP contribution is 2.30. The standard InChI is InChI=1S/C20H14FN3OS/c1-13-18(15-7-9-17(21)10-8-15)23-20(26-13)24-19(25)16(12-22)11-14-5-3-2-4-6-14/h2-11H,1H3,(H,23,24,25)/b16-11+. The van der Waals surface area contributed by atoms with E-state index in [1.807, 2.05) is 43.3 Å².